The van der Waals surface area contributed by atoms with E-state index >= 15 is 0 Å². The molecule has 4 rings (SSSR count). The molecular weight excluding hydrogens is 322 g/mol. The van der Waals surface area contributed by atoms with Crippen LogP contribution >= 0.6 is 11.3 Å². The van der Waals surface area contributed by atoms with E-state index in [1.165, 1.54) is 28.7 Å². The molecule has 0 amide bonds. The third-order valence-corrected chi connectivity index (χ3v) is 5.69. The standard InChI is InChI=1S/C17H21N5OS/c1-4-12(15-20-10(3)23-22-15)21-16-14-11-7-5-6-8-13(11)24-17(14)19-9(2)18-16/h12H,4-8H2,1-3H3,(H,18,19,21). The lowest BCUT2D eigenvalue weighted by Crippen LogP contribution is -2.14. The Bertz CT molecular complexity index is 885. The molecule has 0 bridgehead atoms. The van der Waals surface area contributed by atoms with Gasteiger partial charge in [-0.3, -0.25) is 0 Å². The molecule has 24 heavy (non-hydrogen) atoms. The summed E-state index contributed by atoms with van der Waals surface area (Å²) >= 11 is 1.82. The van der Waals surface area contributed by atoms with Crippen molar-refractivity contribution in [2.24, 2.45) is 0 Å². The summed E-state index contributed by atoms with van der Waals surface area (Å²) in [6.45, 7) is 5.87. The van der Waals surface area contributed by atoms with Gasteiger partial charge in [0.15, 0.2) is 5.82 Å². The Kier molecular flexibility index (Phi) is 3.96. The molecule has 3 heterocycles. The lowest BCUT2D eigenvalue weighted by atomic mass is 9.97. The summed E-state index contributed by atoms with van der Waals surface area (Å²) in [6, 6.07) is -0.0147. The quantitative estimate of drug-likeness (QED) is 0.767. The van der Waals surface area contributed by atoms with Crippen LogP contribution < -0.4 is 5.32 Å². The third kappa shape index (κ3) is 2.66. The normalized spacial score (nSPS) is 15.5. The van der Waals surface area contributed by atoms with Gasteiger partial charge in [-0.2, -0.15) is 4.98 Å². The highest BCUT2D eigenvalue weighted by molar-refractivity contribution is 7.19. The van der Waals surface area contributed by atoms with Gasteiger partial charge in [-0.15, -0.1) is 11.3 Å². The van der Waals surface area contributed by atoms with E-state index in [-0.39, 0.29) is 6.04 Å². The monoisotopic (exact) mass is 343 g/mol. The van der Waals surface area contributed by atoms with E-state index in [9.17, 15) is 0 Å². The summed E-state index contributed by atoms with van der Waals surface area (Å²) in [4.78, 5) is 16.3. The van der Waals surface area contributed by atoms with Crippen molar-refractivity contribution in [3.05, 3.63) is 28.0 Å². The summed E-state index contributed by atoms with van der Waals surface area (Å²) in [6.07, 6.45) is 5.66. The van der Waals surface area contributed by atoms with E-state index in [1.807, 2.05) is 25.2 Å². The SMILES string of the molecule is CCC(Nc1nc(C)nc2sc3c(c12)CCCC3)c1noc(C)n1. The van der Waals surface area contributed by atoms with Crippen LogP contribution in [0.1, 0.15) is 60.2 Å². The highest BCUT2D eigenvalue weighted by Gasteiger charge is 2.23. The second-order valence-electron chi connectivity index (χ2n) is 6.29. The minimum atomic E-state index is -0.0147. The number of rotatable bonds is 4. The lowest BCUT2D eigenvalue weighted by Gasteiger charge is -2.17. The number of nitrogens with zero attached hydrogens (tertiary/aromatic N) is 4. The van der Waals surface area contributed by atoms with Gasteiger partial charge in [-0.25, -0.2) is 9.97 Å². The van der Waals surface area contributed by atoms with E-state index in [2.05, 4.69) is 27.4 Å². The molecule has 3 aromatic heterocycles. The Morgan fingerprint density at radius 1 is 1.17 bits per heavy atom. The maximum atomic E-state index is 5.14. The first-order chi connectivity index (χ1) is 11.7. The fraction of sp³-hybridized carbons (Fsp3) is 0.529. The number of aryl methyl sites for hydroxylation is 4. The van der Waals surface area contributed by atoms with Crippen molar-refractivity contribution in [2.75, 3.05) is 5.32 Å². The average molecular weight is 343 g/mol. The Hall–Kier alpha value is -2.02. The van der Waals surface area contributed by atoms with Crippen molar-refractivity contribution in [1.29, 1.82) is 0 Å². The van der Waals surface area contributed by atoms with Gasteiger partial charge in [-0.05, 0) is 44.6 Å². The van der Waals surface area contributed by atoms with Crippen LogP contribution in [-0.4, -0.2) is 20.1 Å². The molecule has 0 saturated carbocycles. The Morgan fingerprint density at radius 2 is 2.00 bits per heavy atom. The Morgan fingerprint density at radius 3 is 2.75 bits per heavy atom. The summed E-state index contributed by atoms with van der Waals surface area (Å²) in [5, 5.41) is 8.81. The lowest BCUT2D eigenvalue weighted by molar-refractivity contribution is 0.384. The molecule has 7 heteroatoms. The van der Waals surface area contributed by atoms with Gasteiger partial charge in [-0.1, -0.05) is 12.1 Å². The van der Waals surface area contributed by atoms with Crippen molar-refractivity contribution in [3.63, 3.8) is 0 Å². The van der Waals surface area contributed by atoms with E-state index in [0.29, 0.717) is 11.7 Å². The highest BCUT2D eigenvalue weighted by atomic mass is 32.1. The topological polar surface area (TPSA) is 76.7 Å². The fourth-order valence-electron chi connectivity index (χ4n) is 3.34. The Labute approximate surface area is 144 Å². The summed E-state index contributed by atoms with van der Waals surface area (Å²) in [5.41, 5.74) is 1.43. The van der Waals surface area contributed by atoms with E-state index in [4.69, 9.17) is 9.51 Å². The number of nitrogens with one attached hydrogen (secondary N) is 1. The zero-order valence-corrected chi connectivity index (χ0v) is 15.0. The molecule has 0 aliphatic heterocycles. The smallest absolute Gasteiger partial charge is 0.223 e. The molecule has 1 N–H and O–H groups in total. The molecule has 0 spiro atoms. The van der Waals surface area contributed by atoms with Crippen molar-refractivity contribution in [3.8, 4) is 0 Å². The number of fused-ring (bicyclic) bond motifs is 3. The second kappa shape index (κ2) is 6.12. The van der Waals surface area contributed by atoms with Crippen LogP contribution in [0.5, 0.6) is 0 Å². The van der Waals surface area contributed by atoms with E-state index in [1.54, 1.807) is 0 Å². The number of thiophene rings is 1. The van der Waals surface area contributed by atoms with Crippen LogP contribution in [0.3, 0.4) is 0 Å². The predicted octanol–water partition coefficient (Wildman–Crippen LogP) is 4.13. The molecule has 3 aromatic rings. The van der Waals surface area contributed by atoms with Crippen molar-refractivity contribution in [2.45, 2.75) is 58.9 Å². The third-order valence-electron chi connectivity index (χ3n) is 4.50. The van der Waals surface area contributed by atoms with Gasteiger partial charge >= 0.3 is 0 Å². The van der Waals surface area contributed by atoms with Crippen LogP contribution in [0, 0.1) is 13.8 Å². The van der Waals surface area contributed by atoms with Gasteiger partial charge in [0, 0.05) is 11.8 Å². The second-order valence-corrected chi connectivity index (χ2v) is 7.37. The molecule has 1 aliphatic carbocycles. The summed E-state index contributed by atoms with van der Waals surface area (Å²) in [7, 11) is 0. The number of anilines is 1. The highest BCUT2D eigenvalue weighted by Crippen LogP contribution is 2.39. The van der Waals surface area contributed by atoms with Gasteiger partial charge in [0.2, 0.25) is 5.89 Å². The largest absolute Gasteiger partial charge is 0.359 e. The molecule has 126 valence electrons. The predicted molar refractivity (Wildman–Crippen MR) is 94.5 cm³/mol. The van der Waals surface area contributed by atoms with Crippen LogP contribution in [-0.2, 0) is 12.8 Å². The van der Waals surface area contributed by atoms with Crippen LogP contribution in [0.4, 0.5) is 5.82 Å². The maximum absolute atomic E-state index is 5.14. The molecule has 1 unspecified atom stereocenters. The molecule has 1 atom stereocenters. The van der Waals surface area contributed by atoms with Gasteiger partial charge in [0.1, 0.15) is 16.5 Å². The number of aromatic nitrogens is 4. The molecule has 0 saturated heterocycles. The zero-order chi connectivity index (χ0) is 16.7. The molecule has 0 aromatic carbocycles. The first-order valence-corrected chi connectivity index (χ1v) is 9.33. The first-order valence-electron chi connectivity index (χ1n) is 8.51. The first kappa shape index (κ1) is 15.5. The molecular formula is C17H21N5OS. The van der Waals surface area contributed by atoms with Gasteiger partial charge < -0.3 is 9.84 Å². The fourth-order valence-corrected chi connectivity index (χ4v) is 4.65. The van der Waals surface area contributed by atoms with E-state index in [0.717, 1.165) is 35.7 Å². The number of hydrogen-bond donors (Lipinski definition) is 1. The van der Waals surface area contributed by atoms with Crippen LogP contribution in [0.15, 0.2) is 4.52 Å². The maximum Gasteiger partial charge on any atom is 0.223 e. The average Bonchev–Trinajstić information content (AvgIpc) is 3.15. The van der Waals surface area contributed by atoms with E-state index < -0.39 is 0 Å². The van der Waals surface area contributed by atoms with Crippen molar-refractivity contribution < 1.29 is 4.52 Å². The zero-order valence-electron chi connectivity index (χ0n) is 14.2. The molecule has 1 aliphatic rings. The molecule has 0 radical (unpaired) electrons. The van der Waals surface area contributed by atoms with Crippen LogP contribution in [0.25, 0.3) is 10.2 Å². The van der Waals surface area contributed by atoms with Gasteiger partial charge in [0.25, 0.3) is 0 Å². The van der Waals surface area contributed by atoms with Crippen molar-refractivity contribution in [1.82, 2.24) is 20.1 Å². The summed E-state index contributed by atoms with van der Waals surface area (Å²) < 4.78 is 5.14. The van der Waals surface area contributed by atoms with Crippen LogP contribution in [0.2, 0.25) is 0 Å². The van der Waals surface area contributed by atoms with Gasteiger partial charge in [0.05, 0.1) is 11.4 Å². The minimum absolute atomic E-state index is 0.0147. The molecule has 6 nitrogen and oxygen atoms in total. The van der Waals surface area contributed by atoms with Crippen molar-refractivity contribution >= 4 is 27.4 Å². The minimum Gasteiger partial charge on any atom is -0.359 e. The number of hydrogen-bond acceptors (Lipinski definition) is 7. The molecule has 0 fully saturated rings. The Balaban J connectivity index is 1.79. The summed E-state index contributed by atoms with van der Waals surface area (Å²) in [5.74, 6) is 2.97.